The van der Waals surface area contributed by atoms with Crippen molar-refractivity contribution < 1.29 is 4.79 Å². The molecule has 1 unspecified atom stereocenters. The first kappa shape index (κ1) is 15.8. The summed E-state index contributed by atoms with van der Waals surface area (Å²) in [6.45, 7) is 6.19. The fourth-order valence-corrected chi connectivity index (χ4v) is 2.65. The molecule has 2 nitrogen and oxygen atoms in total. The number of hydrogen-bond acceptors (Lipinski definition) is 1. The van der Waals surface area contributed by atoms with E-state index in [1.165, 1.54) is 11.1 Å². The maximum atomic E-state index is 12.2. The zero-order valence-corrected chi connectivity index (χ0v) is 14.2. The molecular weight excluding hydrogens is 326 g/mol. The van der Waals surface area contributed by atoms with E-state index < -0.39 is 0 Å². The molecule has 0 aromatic heterocycles. The molecule has 2 rings (SSSR count). The van der Waals surface area contributed by atoms with Crippen LogP contribution in [-0.4, -0.2) is 5.91 Å². The zero-order chi connectivity index (χ0) is 15.4. The van der Waals surface area contributed by atoms with Crippen molar-refractivity contribution in [3.63, 3.8) is 0 Å². The van der Waals surface area contributed by atoms with E-state index >= 15 is 0 Å². The van der Waals surface area contributed by atoms with Crippen LogP contribution in [0.3, 0.4) is 0 Å². The van der Waals surface area contributed by atoms with Gasteiger partial charge in [0.15, 0.2) is 0 Å². The van der Waals surface area contributed by atoms with Crippen molar-refractivity contribution in [3.05, 3.63) is 64.7 Å². The van der Waals surface area contributed by atoms with Crippen LogP contribution >= 0.6 is 15.9 Å². The Morgan fingerprint density at radius 2 is 1.86 bits per heavy atom. The summed E-state index contributed by atoms with van der Waals surface area (Å²) < 4.78 is 0. The average Bonchev–Trinajstić information content (AvgIpc) is 2.43. The van der Waals surface area contributed by atoms with Crippen molar-refractivity contribution in [2.45, 2.75) is 32.0 Å². The number of halogens is 1. The van der Waals surface area contributed by atoms with E-state index in [0.29, 0.717) is 6.42 Å². The van der Waals surface area contributed by atoms with E-state index in [-0.39, 0.29) is 10.7 Å². The van der Waals surface area contributed by atoms with Gasteiger partial charge in [0.05, 0.1) is 6.42 Å². The molecule has 1 atom stereocenters. The smallest absolute Gasteiger partial charge is 0.228 e. The topological polar surface area (TPSA) is 29.1 Å². The van der Waals surface area contributed by atoms with Gasteiger partial charge in [-0.05, 0) is 49.1 Å². The first-order valence-electron chi connectivity index (χ1n) is 7.06. The fourth-order valence-electron chi connectivity index (χ4n) is 2.25. The number of rotatable bonds is 4. The summed E-state index contributed by atoms with van der Waals surface area (Å²) in [7, 11) is 0. The second-order valence-electron chi connectivity index (χ2n) is 5.35. The molecule has 2 aromatic rings. The molecule has 110 valence electrons. The van der Waals surface area contributed by atoms with Gasteiger partial charge in [0.2, 0.25) is 5.91 Å². The second kappa shape index (κ2) is 6.90. The van der Waals surface area contributed by atoms with Crippen LogP contribution in [0.5, 0.6) is 0 Å². The number of carbonyl (C=O) groups excluding carboxylic acids is 1. The summed E-state index contributed by atoms with van der Waals surface area (Å²) in [6.07, 6.45) is 0.395. The van der Waals surface area contributed by atoms with E-state index in [0.717, 1.165) is 16.8 Å². The Morgan fingerprint density at radius 1 is 1.14 bits per heavy atom. The standard InChI is InChI=1S/C18H20BrNO/c1-12-8-9-15(10-13(12)2)11-18(21)20-17-7-5-4-6-16(17)14(3)19/h4-10,14H,11H2,1-3H3,(H,20,21). The maximum absolute atomic E-state index is 12.2. The van der Waals surface area contributed by atoms with Crippen molar-refractivity contribution in [2.75, 3.05) is 5.32 Å². The highest BCUT2D eigenvalue weighted by atomic mass is 79.9. The summed E-state index contributed by atoms with van der Waals surface area (Å²) in [5, 5.41) is 3.01. The molecule has 1 N–H and O–H groups in total. The second-order valence-corrected chi connectivity index (χ2v) is 6.72. The van der Waals surface area contributed by atoms with Gasteiger partial charge >= 0.3 is 0 Å². The molecule has 0 saturated carbocycles. The van der Waals surface area contributed by atoms with Crippen molar-refractivity contribution in [2.24, 2.45) is 0 Å². The Bertz CT molecular complexity index is 649. The Morgan fingerprint density at radius 3 is 2.52 bits per heavy atom. The lowest BCUT2D eigenvalue weighted by Gasteiger charge is -2.13. The predicted octanol–water partition coefficient (Wildman–Crippen LogP) is 4.94. The SMILES string of the molecule is Cc1ccc(CC(=O)Nc2ccccc2C(C)Br)cc1C. The number of para-hydroxylation sites is 1. The summed E-state index contributed by atoms with van der Waals surface area (Å²) >= 11 is 3.56. The third kappa shape index (κ3) is 4.18. The van der Waals surface area contributed by atoms with Gasteiger partial charge in [-0.3, -0.25) is 4.79 Å². The summed E-state index contributed by atoms with van der Waals surface area (Å²) in [5.74, 6) is 0.0128. The Hall–Kier alpha value is -1.61. The zero-order valence-electron chi connectivity index (χ0n) is 12.6. The maximum Gasteiger partial charge on any atom is 0.228 e. The molecule has 3 heteroatoms. The molecule has 0 aliphatic carbocycles. The summed E-state index contributed by atoms with van der Waals surface area (Å²) in [4.78, 5) is 12.4. The normalized spacial score (nSPS) is 12.0. The number of benzene rings is 2. The van der Waals surface area contributed by atoms with E-state index in [1.807, 2.05) is 37.3 Å². The van der Waals surface area contributed by atoms with Gasteiger partial charge in [-0.25, -0.2) is 0 Å². The van der Waals surface area contributed by atoms with Gasteiger partial charge in [0, 0.05) is 10.5 Å². The van der Waals surface area contributed by atoms with Gasteiger partial charge in [-0.1, -0.05) is 52.3 Å². The molecule has 0 heterocycles. The third-order valence-electron chi connectivity index (χ3n) is 3.60. The Balaban J connectivity index is 2.10. The number of carbonyl (C=O) groups is 1. The lowest BCUT2D eigenvalue weighted by molar-refractivity contribution is -0.115. The number of alkyl halides is 1. The molecule has 0 spiro atoms. The highest BCUT2D eigenvalue weighted by Crippen LogP contribution is 2.28. The minimum atomic E-state index is 0.0128. The van der Waals surface area contributed by atoms with Crippen molar-refractivity contribution in [3.8, 4) is 0 Å². The number of anilines is 1. The average molecular weight is 346 g/mol. The van der Waals surface area contributed by atoms with Crippen LogP contribution in [-0.2, 0) is 11.2 Å². The molecule has 2 aromatic carbocycles. The number of aryl methyl sites for hydroxylation is 2. The number of nitrogens with one attached hydrogen (secondary N) is 1. The molecule has 1 amide bonds. The summed E-state index contributed by atoms with van der Waals surface area (Å²) in [6, 6.07) is 14.0. The molecule has 21 heavy (non-hydrogen) atoms. The lowest BCUT2D eigenvalue weighted by atomic mass is 10.0. The van der Waals surface area contributed by atoms with Crippen LogP contribution in [0, 0.1) is 13.8 Å². The molecule has 0 aliphatic heterocycles. The van der Waals surface area contributed by atoms with Crippen molar-refractivity contribution >= 4 is 27.5 Å². The van der Waals surface area contributed by atoms with Crippen LogP contribution < -0.4 is 5.32 Å². The van der Waals surface area contributed by atoms with Crippen LogP contribution in [0.25, 0.3) is 0 Å². The summed E-state index contributed by atoms with van der Waals surface area (Å²) in [5.41, 5.74) is 5.47. The molecule has 0 bridgehead atoms. The van der Waals surface area contributed by atoms with Gasteiger partial charge in [-0.2, -0.15) is 0 Å². The van der Waals surface area contributed by atoms with Gasteiger partial charge in [0.1, 0.15) is 0 Å². The van der Waals surface area contributed by atoms with E-state index in [2.05, 4.69) is 47.2 Å². The minimum Gasteiger partial charge on any atom is -0.326 e. The fraction of sp³-hybridized carbons (Fsp3) is 0.278. The Kier molecular flexibility index (Phi) is 5.18. The van der Waals surface area contributed by atoms with Crippen LogP contribution in [0.1, 0.15) is 34.0 Å². The molecule has 0 saturated heterocycles. The molecule has 0 fully saturated rings. The van der Waals surface area contributed by atoms with Gasteiger partial charge < -0.3 is 5.32 Å². The molecule has 0 aliphatic rings. The highest BCUT2D eigenvalue weighted by Gasteiger charge is 2.10. The third-order valence-corrected chi connectivity index (χ3v) is 4.09. The van der Waals surface area contributed by atoms with Gasteiger partial charge in [0.25, 0.3) is 0 Å². The molecule has 0 radical (unpaired) electrons. The van der Waals surface area contributed by atoms with E-state index in [9.17, 15) is 4.79 Å². The first-order chi connectivity index (χ1) is 9.97. The highest BCUT2D eigenvalue weighted by molar-refractivity contribution is 9.09. The van der Waals surface area contributed by atoms with E-state index in [1.54, 1.807) is 0 Å². The monoisotopic (exact) mass is 345 g/mol. The largest absolute Gasteiger partial charge is 0.326 e. The quantitative estimate of drug-likeness (QED) is 0.781. The Labute approximate surface area is 134 Å². The van der Waals surface area contributed by atoms with Crippen LogP contribution in [0.2, 0.25) is 0 Å². The predicted molar refractivity (Wildman–Crippen MR) is 92.0 cm³/mol. The van der Waals surface area contributed by atoms with E-state index in [4.69, 9.17) is 0 Å². The number of amides is 1. The first-order valence-corrected chi connectivity index (χ1v) is 7.98. The van der Waals surface area contributed by atoms with Crippen LogP contribution in [0.15, 0.2) is 42.5 Å². The van der Waals surface area contributed by atoms with Gasteiger partial charge in [-0.15, -0.1) is 0 Å². The number of hydrogen-bond donors (Lipinski definition) is 1. The van der Waals surface area contributed by atoms with Crippen molar-refractivity contribution in [1.29, 1.82) is 0 Å². The molecular formula is C18H20BrNO. The lowest BCUT2D eigenvalue weighted by Crippen LogP contribution is -2.15. The van der Waals surface area contributed by atoms with Crippen molar-refractivity contribution in [1.82, 2.24) is 0 Å². The van der Waals surface area contributed by atoms with Crippen LogP contribution in [0.4, 0.5) is 5.69 Å². The minimum absolute atomic E-state index is 0.0128.